The fourth-order valence-corrected chi connectivity index (χ4v) is 4.61. The summed E-state index contributed by atoms with van der Waals surface area (Å²) in [6, 6.07) is 20.2. The smallest absolute Gasteiger partial charge is 0.257 e. The van der Waals surface area contributed by atoms with Gasteiger partial charge in [-0.2, -0.15) is 4.98 Å². The van der Waals surface area contributed by atoms with Crippen LogP contribution in [0.5, 0.6) is 0 Å². The highest BCUT2D eigenvalue weighted by atomic mass is 35.5. The average molecular weight is 455 g/mol. The molecule has 6 rings (SSSR count). The second-order valence-corrected chi connectivity index (χ2v) is 8.62. The monoisotopic (exact) mass is 454 g/mol. The molecule has 0 bridgehead atoms. The molecule has 1 aliphatic rings. The Morgan fingerprint density at radius 3 is 2.76 bits per heavy atom. The van der Waals surface area contributed by atoms with Crippen molar-refractivity contribution >= 4 is 51.4 Å². The summed E-state index contributed by atoms with van der Waals surface area (Å²) in [5, 5.41) is 9.74. The minimum absolute atomic E-state index is 0.123. The lowest BCUT2D eigenvalue weighted by molar-refractivity contribution is -0.117. The van der Waals surface area contributed by atoms with E-state index >= 15 is 0 Å². The van der Waals surface area contributed by atoms with Gasteiger partial charge >= 0.3 is 0 Å². The fourth-order valence-electron chi connectivity index (χ4n) is 4.45. The number of hydrogen-bond acceptors (Lipinski definition) is 5. The van der Waals surface area contributed by atoms with Crippen LogP contribution in [0.3, 0.4) is 0 Å². The minimum Gasteiger partial charge on any atom is -0.329 e. The van der Waals surface area contributed by atoms with Crippen LogP contribution in [0.2, 0.25) is 5.02 Å². The number of rotatable bonds is 3. The molecule has 5 aromatic rings. The zero-order valence-corrected chi connectivity index (χ0v) is 18.8. The molecule has 162 valence electrons. The minimum atomic E-state index is 0.123. The number of fused-ring (bicyclic) bond motifs is 4. The first-order chi connectivity index (χ1) is 16.0. The number of halogens is 1. The number of nitrogens with zero attached hydrogens (tertiary/aromatic N) is 6. The maximum atomic E-state index is 12.1. The van der Waals surface area contributed by atoms with Crippen molar-refractivity contribution in [1.29, 1.82) is 0 Å². The first-order valence-electron chi connectivity index (χ1n) is 10.5. The maximum absolute atomic E-state index is 12.1. The van der Waals surface area contributed by atoms with Crippen LogP contribution < -0.4 is 9.80 Å². The summed E-state index contributed by atoms with van der Waals surface area (Å²) < 4.78 is 1.83. The molecule has 0 radical (unpaired) electrons. The van der Waals surface area contributed by atoms with Crippen LogP contribution in [-0.2, 0) is 11.2 Å². The number of likely N-dealkylation sites (N-methyl/N-ethyl adjacent to an activating group) is 1. The van der Waals surface area contributed by atoms with Crippen LogP contribution in [0.4, 0.5) is 17.2 Å². The van der Waals surface area contributed by atoms with Crippen molar-refractivity contribution in [3.05, 3.63) is 77.6 Å². The van der Waals surface area contributed by atoms with E-state index in [1.807, 2.05) is 59.8 Å². The first kappa shape index (κ1) is 19.7. The van der Waals surface area contributed by atoms with Gasteiger partial charge in [-0.25, -0.2) is 0 Å². The lowest BCUT2D eigenvalue weighted by Crippen LogP contribution is -2.20. The zero-order chi connectivity index (χ0) is 22.7. The number of carbonyl (C=O) groups excluding carboxylic acids is 1. The maximum Gasteiger partial charge on any atom is 0.257 e. The molecule has 7 nitrogen and oxygen atoms in total. The third kappa shape index (κ3) is 3.12. The molecule has 0 atom stereocenters. The van der Waals surface area contributed by atoms with Crippen LogP contribution in [0.25, 0.3) is 27.8 Å². The van der Waals surface area contributed by atoms with Gasteiger partial charge in [0.05, 0.1) is 11.9 Å². The van der Waals surface area contributed by atoms with Crippen molar-refractivity contribution in [3.63, 3.8) is 0 Å². The van der Waals surface area contributed by atoms with Crippen LogP contribution in [0, 0.1) is 0 Å². The molecule has 0 saturated heterocycles. The number of hydrogen-bond donors (Lipinski definition) is 0. The number of amides is 1. The van der Waals surface area contributed by atoms with Gasteiger partial charge in [0.2, 0.25) is 5.91 Å². The Labute approximate surface area is 194 Å². The lowest BCUT2D eigenvalue weighted by atomic mass is 10.0. The van der Waals surface area contributed by atoms with E-state index in [9.17, 15) is 4.79 Å². The quantitative estimate of drug-likeness (QED) is 0.388. The molecule has 8 heteroatoms. The van der Waals surface area contributed by atoms with E-state index in [4.69, 9.17) is 16.6 Å². The van der Waals surface area contributed by atoms with Gasteiger partial charge in [-0.05, 0) is 59.2 Å². The molecule has 1 aliphatic heterocycles. The van der Waals surface area contributed by atoms with Crippen LogP contribution in [0.15, 0.2) is 67.0 Å². The predicted octanol–water partition coefficient (Wildman–Crippen LogP) is 4.88. The number of aromatic nitrogens is 4. The van der Waals surface area contributed by atoms with E-state index in [2.05, 4.69) is 34.5 Å². The molecule has 0 aliphatic carbocycles. The molecule has 3 heterocycles. The Hall–Kier alpha value is -3.97. The highest BCUT2D eigenvalue weighted by Crippen LogP contribution is 2.35. The van der Waals surface area contributed by atoms with Crippen molar-refractivity contribution in [3.8, 4) is 11.1 Å². The molecule has 33 heavy (non-hydrogen) atoms. The summed E-state index contributed by atoms with van der Waals surface area (Å²) in [5.41, 5.74) is 6.05. The summed E-state index contributed by atoms with van der Waals surface area (Å²) in [7, 11) is 3.80. The van der Waals surface area contributed by atoms with Crippen molar-refractivity contribution in [1.82, 2.24) is 19.6 Å². The summed E-state index contributed by atoms with van der Waals surface area (Å²) >= 11 is 6.27. The Kier molecular flexibility index (Phi) is 4.35. The standard InChI is InChI=1S/C25H19ClN6O/c1-30(24-20-8-7-18(26)13-22(20)32-14-27-29-25(32)28-24)19-5-3-4-15(11-19)16-6-9-21-17(10-16)12-23(33)31(21)2/h3-11,13-14H,12H2,1-2H3. The van der Waals surface area contributed by atoms with E-state index in [-0.39, 0.29) is 5.91 Å². The Morgan fingerprint density at radius 2 is 1.88 bits per heavy atom. The molecule has 3 aromatic carbocycles. The van der Waals surface area contributed by atoms with E-state index in [0.29, 0.717) is 17.2 Å². The van der Waals surface area contributed by atoms with E-state index < -0.39 is 0 Å². The molecule has 0 N–H and O–H groups in total. The Bertz CT molecular complexity index is 1580. The van der Waals surface area contributed by atoms with Gasteiger partial charge in [0.15, 0.2) is 0 Å². The SMILES string of the molecule is CN1C(=O)Cc2cc(-c3cccc(N(C)c4nc5nncn5c5cc(Cl)ccc45)c3)ccc21. The number of carbonyl (C=O) groups is 1. The Morgan fingerprint density at radius 1 is 1.03 bits per heavy atom. The highest BCUT2D eigenvalue weighted by Gasteiger charge is 2.24. The predicted molar refractivity (Wildman–Crippen MR) is 130 cm³/mol. The van der Waals surface area contributed by atoms with Crippen LogP contribution in [-0.4, -0.2) is 39.6 Å². The molecule has 1 amide bonds. The second kappa shape index (κ2) is 7.28. The third-order valence-corrected chi connectivity index (χ3v) is 6.47. The third-order valence-electron chi connectivity index (χ3n) is 6.24. The van der Waals surface area contributed by atoms with E-state index in [1.54, 1.807) is 11.2 Å². The molecule has 0 spiro atoms. The fraction of sp³-hybridized carbons (Fsp3) is 0.120. The second-order valence-electron chi connectivity index (χ2n) is 8.18. The molecule has 2 aromatic heterocycles. The van der Waals surface area contributed by atoms with Gasteiger partial charge in [-0.1, -0.05) is 29.8 Å². The van der Waals surface area contributed by atoms with Gasteiger partial charge in [-0.15, -0.1) is 10.2 Å². The van der Waals surface area contributed by atoms with Crippen LogP contribution >= 0.6 is 11.6 Å². The van der Waals surface area contributed by atoms with Crippen molar-refractivity contribution in [2.24, 2.45) is 0 Å². The average Bonchev–Trinajstić information content (AvgIpc) is 3.42. The highest BCUT2D eigenvalue weighted by molar-refractivity contribution is 6.31. The molecular weight excluding hydrogens is 436 g/mol. The van der Waals surface area contributed by atoms with E-state index in [0.717, 1.165) is 44.8 Å². The van der Waals surface area contributed by atoms with E-state index in [1.165, 1.54) is 0 Å². The molecule has 0 fully saturated rings. The summed E-state index contributed by atoms with van der Waals surface area (Å²) in [6.07, 6.45) is 2.08. The van der Waals surface area contributed by atoms with Gasteiger partial charge < -0.3 is 9.80 Å². The van der Waals surface area contributed by atoms with Gasteiger partial charge in [0.1, 0.15) is 12.1 Å². The molecular formula is C25H19ClN6O. The molecule has 0 saturated carbocycles. The normalized spacial score (nSPS) is 13.2. The van der Waals surface area contributed by atoms with Gasteiger partial charge in [-0.3, -0.25) is 9.20 Å². The van der Waals surface area contributed by atoms with Crippen molar-refractivity contribution in [2.75, 3.05) is 23.9 Å². The first-order valence-corrected chi connectivity index (χ1v) is 10.9. The van der Waals surface area contributed by atoms with Crippen molar-refractivity contribution < 1.29 is 4.79 Å². The number of anilines is 3. The number of benzene rings is 3. The Balaban J connectivity index is 1.44. The zero-order valence-electron chi connectivity index (χ0n) is 18.0. The van der Waals surface area contributed by atoms with Gasteiger partial charge in [0, 0.05) is 35.9 Å². The lowest BCUT2D eigenvalue weighted by Gasteiger charge is -2.21. The van der Waals surface area contributed by atoms with Crippen molar-refractivity contribution in [2.45, 2.75) is 6.42 Å². The summed E-state index contributed by atoms with van der Waals surface area (Å²) in [6.45, 7) is 0. The van der Waals surface area contributed by atoms with Gasteiger partial charge in [0.25, 0.3) is 5.78 Å². The molecule has 0 unspecified atom stereocenters. The summed E-state index contributed by atoms with van der Waals surface area (Å²) in [4.78, 5) is 20.6. The van der Waals surface area contributed by atoms with Crippen LogP contribution in [0.1, 0.15) is 5.56 Å². The topological polar surface area (TPSA) is 66.6 Å². The largest absolute Gasteiger partial charge is 0.329 e. The summed E-state index contributed by atoms with van der Waals surface area (Å²) in [5.74, 6) is 1.40.